The number of hydrogen-bond donors (Lipinski definition) is 0. The molecule has 2 aromatic rings. The monoisotopic (exact) mass is 237 g/mol. The topological polar surface area (TPSA) is 26.0 Å². The van der Waals surface area contributed by atoms with Crippen molar-refractivity contribution in [1.82, 2.24) is 5.16 Å². The molecule has 0 bridgehead atoms. The van der Waals surface area contributed by atoms with Gasteiger partial charge in [0.2, 0.25) is 0 Å². The summed E-state index contributed by atoms with van der Waals surface area (Å²) in [5.74, 6) is -2.75. The first-order valence-corrected chi connectivity index (χ1v) is 5.46. The molecule has 1 aromatic carbocycles. The molecule has 0 amide bonds. The third-order valence-electron chi connectivity index (χ3n) is 2.71. The first-order valence-electron chi connectivity index (χ1n) is 5.46. The SMILES string of the molecule is CCC(F)(F)c1c(C)noc1-c1ccccc1. The number of alkyl halides is 2. The molecule has 0 saturated carbocycles. The number of nitrogens with zero attached hydrogens (tertiary/aromatic N) is 1. The Balaban J connectivity index is 2.58. The molecule has 1 aromatic heterocycles. The van der Waals surface area contributed by atoms with Gasteiger partial charge in [-0.3, -0.25) is 0 Å². The average Bonchev–Trinajstić information content (AvgIpc) is 2.73. The highest BCUT2D eigenvalue weighted by Gasteiger charge is 2.37. The maximum atomic E-state index is 13.8. The van der Waals surface area contributed by atoms with E-state index in [0.717, 1.165) is 0 Å². The van der Waals surface area contributed by atoms with E-state index in [4.69, 9.17) is 4.52 Å². The quantitative estimate of drug-likeness (QED) is 0.801. The van der Waals surface area contributed by atoms with Crippen LogP contribution in [0.15, 0.2) is 34.9 Å². The summed E-state index contributed by atoms with van der Waals surface area (Å²) in [7, 11) is 0. The second-order valence-corrected chi connectivity index (χ2v) is 3.90. The van der Waals surface area contributed by atoms with Crippen molar-refractivity contribution in [1.29, 1.82) is 0 Å². The Morgan fingerprint density at radius 3 is 2.47 bits per heavy atom. The van der Waals surface area contributed by atoms with Gasteiger partial charge in [-0.05, 0) is 6.92 Å². The van der Waals surface area contributed by atoms with Crippen molar-refractivity contribution in [2.24, 2.45) is 0 Å². The van der Waals surface area contributed by atoms with Crippen LogP contribution in [0.25, 0.3) is 11.3 Å². The molecule has 0 spiro atoms. The Morgan fingerprint density at radius 1 is 1.24 bits per heavy atom. The van der Waals surface area contributed by atoms with Crippen LogP contribution in [-0.2, 0) is 5.92 Å². The lowest BCUT2D eigenvalue weighted by Gasteiger charge is -2.14. The van der Waals surface area contributed by atoms with Crippen LogP contribution in [0.5, 0.6) is 0 Å². The normalized spacial score (nSPS) is 11.8. The highest BCUT2D eigenvalue weighted by Crippen LogP contribution is 2.40. The minimum atomic E-state index is -2.91. The molecule has 4 heteroatoms. The van der Waals surface area contributed by atoms with Crippen molar-refractivity contribution in [2.45, 2.75) is 26.2 Å². The van der Waals surface area contributed by atoms with E-state index in [2.05, 4.69) is 5.16 Å². The predicted octanol–water partition coefficient (Wildman–Crippen LogP) is 4.15. The van der Waals surface area contributed by atoms with Crippen LogP contribution in [0.1, 0.15) is 24.6 Å². The zero-order valence-electron chi connectivity index (χ0n) is 9.71. The maximum Gasteiger partial charge on any atom is 0.278 e. The molecule has 0 fully saturated rings. The zero-order valence-corrected chi connectivity index (χ0v) is 9.71. The van der Waals surface area contributed by atoms with Crippen LogP contribution in [-0.4, -0.2) is 5.16 Å². The molecular weight excluding hydrogens is 224 g/mol. The molecule has 0 saturated heterocycles. The molecule has 2 nitrogen and oxygen atoms in total. The number of halogens is 2. The summed E-state index contributed by atoms with van der Waals surface area (Å²) >= 11 is 0. The van der Waals surface area contributed by atoms with Gasteiger partial charge in [-0.1, -0.05) is 42.4 Å². The third kappa shape index (κ3) is 2.07. The van der Waals surface area contributed by atoms with Crippen LogP contribution < -0.4 is 0 Å². The molecule has 2 rings (SSSR count). The molecule has 90 valence electrons. The second-order valence-electron chi connectivity index (χ2n) is 3.90. The largest absolute Gasteiger partial charge is 0.355 e. The molecule has 0 N–H and O–H groups in total. The van der Waals surface area contributed by atoms with Crippen molar-refractivity contribution < 1.29 is 13.3 Å². The third-order valence-corrected chi connectivity index (χ3v) is 2.71. The summed E-state index contributed by atoms with van der Waals surface area (Å²) in [6.45, 7) is 2.98. The summed E-state index contributed by atoms with van der Waals surface area (Å²) in [6.07, 6.45) is -0.269. The number of benzene rings is 1. The first-order chi connectivity index (χ1) is 8.06. The Bertz CT molecular complexity index is 505. The van der Waals surface area contributed by atoms with E-state index in [-0.39, 0.29) is 23.4 Å². The molecular formula is C13H13F2NO. The van der Waals surface area contributed by atoms with Crippen molar-refractivity contribution in [2.75, 3.05) is 0 Å². The standard InChI is InChI=1S/C13H13F2NO/c1-3-13(14,15)11-9(2)16-17-12(11)10-7-5-4-6-8-10/h4-8H,3H2,1-2H3. The fraction of sp³-hybridized carbons (Fsp3) is 0.308. The van der Waals surface area contributed by atoms with Gasteiger partial charge in [0.05, 0.1) is 11.3 Å². The van der Waals surface area contributed by atoms with E-state index in [1.807, 2.05) is 6.07 Å². The Morgan fingerprint density at radius 2 is 1.88 bits per heavy atom. The summed E-state index contributed by atoms with van der Waals surface area (Å²) in [6, 6.07) is 8.84. The summed E-state index contributed by atoms with van der Waals surface area (Å²) < 4.78 is 32.7. The minimum absolute atomic E-state index is 0.105. The Kier molecular flexibility index (Phi) is 2.96. The van der Waals surface area contributed by atoms with E-state index in [1.54, 1.807) is 24.3 Å². The lowest BCUT2D eigenvalue weighted by Crippen LogP contribution is -2.13. The van der Waals surface area contributed by atoms with Gasteiger partial charge in [-0.15, -0.1) is 0 Å². The maximum absolute atomic E-state index is 13.8. The lowest BCUT2D eigenvalue weighted by atomic mass is 10.00. The summed E-state index contributed by atoms with van der Waals surface area (Å²) in [4.78, 5) is 0. The molecule has 0 aliphatic heterocycles. The van der Waals surface area contributed by atoms with Gasteiger partial charge in [-0.2, -0.15) is 0 Å². The number of hydrogen-bond acceptors (Lipinski definition) is 2. The number of aryl methyl sites for hydroxylation is 1. The molecule has 0 atom stereocenters. The molecule has 1 heterocycles. The highest BCUT2D eigenvalue weighted by atomic mass is 19.3. The van der Waals surface area contributed by atoms with Gasteiger partial charge in [0.25, 0.3) is 5.92 Å². The van der Waals surface area contributed by atoms with Gasteiger partial charge >= 0.3 is 0 Å². The van der Waals surface area contributed by atoms with Gasteiger partial charge in [0, 0.05) is 12.0 Å². The predicted molar refractivity (Wildman–Crippen MR) is 60.9 cm³/mol. The van der Waals surface area contributed by atoms with Crippen molar-refractivity contribution in [3.8, 4) is 11.3 Å². The van der Waals surface area contributed by atoms with Crippen molar-refractivity contribution in [3.63, 3.8) is 0 Å². The molecule has 0 aliphatic rings. The van der Waals surface area contributed by atoms with Gasteiger partial charge < -0.3 is 4.52 Å². The van der Waals surface area contributed by atoms with E-state index < -0.39 is 5.92 Å². The Labute approximate surface area is 98.2 Å². The Hall–Kier alpha value is -1.71. The van der Waals surface area contributed by atoms with Crippen LogP contribution in [0, 0.1) is 6.92 Å². The second kappa shape index (κ2) is 4.28. The van der Waals surface area contributed by atoms with Crippen LogP contribution >= 0.6 is 0 Å². The minimum Gasteiger partial charge on any atom is -0.355 e. The smallest absolute Gasteiger partial charge is 0.278 e. The van der Waals surface area contributed by atoms with E-state index >= 15 is 0 Å². The number of aromatic nitrogens is 1. The van der Waals surface area contributed by atoms with E-state index in [0.29, 0.717) is 5.56 Å². The first kappa shape index (κ1) is 11.8. The number of rotatable bonds is 3. The van der Waals surface area contributed by atoms with E-state index in [9.17, 15) is 8.78 Å². The fourth-order valence-electron chi connectivity index (χ4n) is 1.76. The van der Waals surface area contributed by atoms with Gasteiger partial charge in [0.15, 0.2) is 5.76 Å². The van der Waals surface area contributed by atoms with Crippen molar-refractivity contribution in [3.05, 3.63) is 41.6 Å². The summed E-state index contributed by atoms with van der Waals surface area (Å²) in [5, 5.41) is 3.65. The lowest BCUT2D eigenvalue weighted by molar-refractivity contribution is -0.00862. The van der Waals surface area contributed by atoms with Crippen LogP contribution in [0.3, 0.4) is 0 Å². The molecule has 17 heavy (non-hydrogen) atoms. The summed E-state index contributed by atoms with van der Waals surface area (Å²) in [5.41, 5.74) is 0.762. The highest BCUT2D eigenvalue weighted by molar-refractivity contribution is 5.62. The van der Waals surface area contributed by atoms with Gasteiger partial charge in [0.1, 0.15) is 0 Å². The average molecular weight is 237 g/mol. The molecule has 0 radical (unpaired) electrons. The van der Waals surface area contributed by atoms with Gasteiger partial charge in [-0.25, -0.2) is 8.78 Å². The van der Waals surface area contributed by atoms with Crippen molar-refractivity contribution >= 4 is 0 Å². The zero-order chi connectivity index (χ0) is 12.5. The molecule has 0 aliphatic carbocycles. The molecule has 0 unspecified atom stereocenters. The van der Waals surface area contributed by atoms with E-state index in [1.165, 1.54) is 13.8 Å². The fourth-order valence-corrected chi connectivity index (χ4v) is 1.76. The van der Waals surface area contributed by atoms with Crippen LogP contribution in [0.4, 0.5) is 8.78 Å². The van der Waals surface area contributed by atoms with Crippen LogP contribution in [0.2, 0.25) is 0 Å².